The molecule has 0 saturated carbocycles. The Balaban J connectivity index is 0.899. The third kappa shape index (κ3) is 19.8. The Kier molecular flexibility index (Phi) is 28.5. The first-order valence-corrected chi connectivity index (χ1v) is 35.8. The van der Waals surface area contributed by atoms with Gasteiger partial charge in [-0.1, -0.05) is 52.0 Å². The number of aliphatic hydroxyl groups is 1. The van der Waals surface area contributed by atoms with Gasteiger partial charge in [-0.3, -0.25) is 81.8 Å². The lowest BCUT2D eigenvalue weighted by molar-refractivity contribution is -0.156. The predicted molar refractivity (Wildman–Crippen MR) is 381 cm³/mol. The highest BCUT2D eigenvalue weighted by molar-refractivity contribution is 6.19. The van der Waals surface area contributed by atoms with Crippen molar-refractivity contribution in [2.24, 2.45) is 11.8 Å². The summed E-state index contributed by atoms with van der Waals surface area (Å²) in [7, 11) is 2.80. The molecule has 35 nitrogen and oxygen atoms in total. The highest BCUT2D eigenvalue weighted by atomic mass is 16.5. The number of aliphatic hydroxyl groups excluding tert-OH is 1. The van der Waals surface area contributed by atoms with Crippen molar-refractivity contribution in [3.8, 4) is 23.0 Å². The number of amides is 14. The average molecular weight is 1510 g/mol. The minimum absolute atomic E-state index is 0.0000305. The number of hydrogen-bond acceptors (Lipinski definition) is 23. The van der Waals surface area contributed by atoms with Gasteiger partial charge in [-0.25, -0.2) is 0 Å². The van der Waals surface area contributed by atoms with Gasteiger partial charge in [0, 0.05) is 82.0 Å². The summed E-state index contributed by atoms with van der Waals surface area (Å²) in [5, 5.41) is 27.7. The molecule has 2 saturated heterocycles. The number of hydrogen-bond donors (Lipinski definition) is 7. The van der Waals surface area contributed by atoms with Crippen molar-refractivity contribution in [3.63, 3.8) is 0 Å². The molecule has 2 aromatic rings. The summed E-state index contributed by atoms with van der Waals surface area (Å²) in [5.41, 5.74) is 1.77. The number of methoxy groups -OCH3 is 2. The molecule has 2 fully saturated rings. The van der Waals surface area contributed by atoms with Gasteiger partial charge in [0.2, 0.25) is 47.3 Å². The van der Waals surface area contributed by atoms with Crippen molar-refractivity contribution in [2.45, 2.75) is 115 Å². The van der Waals surface area contributed by atoms with Crippen LogP contribution in [0.5, 0.6) is 23.0 Å². The van der Waals surface area contributed by atoms with Crippen molar-refractivity contribution < 1.29 is 110 Å². The highest BCUT2D eigenvalue weighted by Gasteiger charge is 2.51. The number of imide groups is 2. The van der Waals surface area contributed by atoms with E-state index >= 15 is 0 Å². The van der Waals surface area contributed by atoms with E-state index in [1.165, 1.54) is 42.2 Å². The molecule has 14 amide bonds. The van der Waals surface area contributed by atoms with Crippen molar-refractivity contribution in [1.29, 1.82) is 0 Å². The van der Waals surface area contributed by atoms with Gasteiger partial charge in [0.15, 0.2) is 29.2 Å². The predicted octanol–water partition coefficient (Wildman–Crippen LogP) is -0.921. The fourth-order valence-electron chi connectivity index (χ4n) is 13.3. The van der Waals surface area contributed by atoms with Crippen LogP contribution < -0.4 is 60.6 Å². The number of nitrogens with one attached hydrogen (secondary N) is 6. The Labute approximate surface area is 623 Å². The van der Waals surface area contributed by atoms with Crippen LogP contribution in [0.25, 0.3) is 0 Å². The topological polar surface area (TPSA) is 425 Å². The summed E-state index contributed by atoms with van der Waals surface area (Å²) in [6, 6.07) is -1.87. The summed E-state index contributed by atoms with van der Waals surface area (Å²) in [6.45, 7) is 12.9. The van der Waals surface area contributed by atoms with E-state index in [0.29, 0.717) is 41.1 Å². The monoisotopic (exact) mass is 1510 g/mol. The summed E-state index contributed by atoms with van der Waals surface area (Å²) >= 11 is 0. The minimum Gasteiger partial charge on any atom is -0.493 e. The molecule has 7 aliphatic heterocycles. The van der Waals surface area contributed by atoms with Gasteiger partial charge in [-0.15, -0.1) is 0 Å². The number of benzene rings is 2. The second-order valence-corrected chi connectivity index (χ2v) is 27.2. The first-order valence-electron chi connectivity index (χ1n) is 35.8. The van der Waals surface area contributed by atoms with Crippen LogP contribution >= 0.6 is 0 Å². The van der Waals surface area contributed by atoms with Crippen LogP contribution in [0, 0.1) is 11.8 Å². The van der Waals surface area contributed by atoms with Crippen molar-refractivity contribution >= 4 is 94.1 Å². The van der Waals surface area contributed by atoms with Gasteiger partial charge in [-0.05, 0) is 56.1 Å². The first kappa shape index (κ1) is 81.5. The van der Waals surface area contributed by atoms with Crippen molar-refractivity contribution in [2.75, 3.05) is 136 Å². The standard InChI is InChI=1S/C73H94N12O23/c1-41(2)63-67(94)76-36-61(92)81-40-45-30-43(5)38-80(45)71(98)46-32-51(101-7)53(34-48(46)81)107-20-10-9-11-21-108-54-35-49-47(33-52(54)102-8)72(99)82-39-44(6)31-50(82)73(100)83(49)62(93)37-77-68(95)64(42(3)4)79-56(87)17-23-104-27-29-106-25-19-75-70(97)66(85-59(90)14-15-60(85)91)65(84-57(88)12-13-58(84)89)69(96)74-18-24-105-28-26-103-22-16-55(86)78-63/h12-15,32-35,41-42,45,50,63-66,73,100H,5-6,9-11,16-31,36-40H2,1-4,7-8H3,(H,74,96)(H,75,97)(H,76,94)(H,77,95)(H,78,86)(H,79,87)/t45-,50-,63-,64-,65?,66?,73-/m0/s1. The lowest BCUT2D eigenvalue weighted by atomic mass is 10.0. The number of anilines is 2. The van der Waals surface area contributed by atoms with E-state index in [1.807, 2.05) is 0 Å². The molecule has 108 heavy (non-hydrogen) atoms. The van der Waals surface area contributed by atoms with E-state index < -0.39 is 144 Å². The van der Waals surface area contributed by atoms with Crippen LogP contribution in [0.2, 0.25) is 0 Å². The molecular formula is C73H94N12O23. The Bertz CT molecular complexity index is 3860. The van der Waals surface area contributed by atoms with Crippen LogP contribution in [-0.2, 0) is 76.5 Å². The summed E-state index contributed by atoms with van der Waals surface area (Å²) < 4.78 is 46.4. The smallest absolute Gasteiger partial charge is 0.256 e. The molecule has 0 aromatic heterocycles. The number of ether oxygens (including phenoxy) is 8. The fourth-order valence-corrected chi connectivity index (χ4v) is 13.3. The van der Waals surface area contributed by atoms with Crippen molar-refractivity contribution in [1.82, 2.24) is 51.5 Å². The normalized spacial score (nSPS) is 25.1. The van der Waals surface area contributed by atoms with Crippen LogP contribution in [0.4, 0.5) is 11.4 Å². The number of carbonyl (C=O) groups is 14. The first-order chi connectivity index (χ1) is 51.7. The molecule has 0 radical (unpaired) electrons. The van der Waals surface area contributed by atoms with Crippen molar-refractivity contribution in [3.05, 3.63) is 84.0 Å². The average Bonchev–Trinajstić information content (AvgIpc) is 1.59. The van der Waals surface area contributed by atoms with Gasteiger partial charge < -0.3 is 89.6 Å². The van der Waals surface area contributed by atoms with E-state index in [4.69, 9.17) is 37.9 Å². The number of nitrogens with zero attached hydrogens (tertiary/aromatic N) is 6. The second-order valence-electron chi connectivity index (χ2n) is 27.2. The Morgan fingerprint density at radius 2 is 0.907 bits per heavy atom. The third-order valence-electron chi connectivity index (χ3n) is 18.8. The van der Waals surface area contributed by atoms with Gasteiger partial charge in [0.05, 0.1) is 128 Å². The van der Waals surface area contributed by atoms with E-state index in [1.54, 1.807) is 38.7 Å². The number of fused-ring (bicyclic) bond motifs is 4. The molecule has 7 heterocycles. The lowest BCUT2D eigenvalue weighted by Crippen LogP contribution is -2.66. The van der Waals surface area contributed by atoms with Crippen LogP contribution in [0.15, 0.2) is 72.9 Å². The maximum atomic E-state index is 14.5. The molecule has 35 heteroatoms. The zero-order valence-electron chi connectivity index (χ0n) is 61.3. The summed E-state index contributed by atoms with van der Waals surface area (Å²) in [6.07, 6.45) is 3.43. The zero-order chi connectivity index (χ0) is 78.0. The van der Waals surface area contributed by atoms with E-state index in [2.05, 4.69) is 45.1 Å². The lowest BCUT2D eigenvalue weighted by Gasteiger charge is -2.35. The van der Waals surface area contributed by atoms with Gasteiger partial charge in [0.25, 0.3) is 35.4 Å². The Hall–Kier alpha value is -10.6. The minimum atomic E-state index is -2.08. The van der Waals surface area contributed by atoms with Crippen LogP contribution in [0.1, 0.15) is 93.4 Å². The molecule has 9 rings (SSSR count). The van der Waals surface area contributed by atoms with E-state index in [9.17, 15) is 72.2 Å². The molecule has 4 bridgehead atoms. The molecule has 7 N–H and O–H groups in total. The highest BCUT2D eigenvalue weighted by Crippen LogP contribution is 2.43. The second kappa shape index (κ2) is 37.8. The molecule has 0 spiro atoms. The molecule has 584 valence electrons. The van der Waals surface area contributed by atoms with Gasteiger partial charge in [0.1, 0.15) is 24.2 Å². The summed E-state index contributed by atoms with van der Waals surface area (Å²) in [4.78, 5) is 199. The van der Waals surface area contributed by atoms with Gasteiger partial charge >= 0.3 is 0 Å². The number of carbonyl (C=O) groups excluding carboxylic acids is 14. The SMILES string of the molecule is C=C1C[C@H]2CN3C(=O)CNC(=O)[C@H](C(C)C)NC(=O)CCOCCOCCNC(=O)C(N4C(=O)C=CC4=O)C(N4C(=O)C=CC4=O)C(=O)NCCOCCOCCC(=O)N[C@@H](C(C)C)C(=O)NCC(=O)N4c5cc(c(OC)cc5C(=O)N5CC(=C)C[C@H]5[C@@H]4O)OCCCCCOc4cc3c(cc4OC)C(=O)N2C1. The molecule has 2 unspecified atom stereocenters. The van der Waals surface area contributed by atoms with E-state index in [0.717, 1.165) is 34.8 Å². The molecular weight excluding hydrogens is 1410 g/mol. The fraction of sp³-hybridized carbons (Fsp3) is 0.534. The maximum absolute atomic E-state index is 14.5. The maximum Gasteiger partial charge on any atom is 0.256 e. The number of rotatable bonds is 6. The summed E-state index contributed by atoms with van der Waals surface area (Å²) in [5.74, 6) is -11.3. The zero-order valence-corrected chi connectivity index (χ0v) is 61.3. The third-order valence-corrected chi connectivity index (χ3v) is 18.8. The molecule has 7 atom stereocenters. The molecule has 7 aliphatic rings. The van der Waals surface area contributed by atoms with Gasteiger partial charge in [-0.2, -0.15) is 0 Å². The quantitative estimate of drug-likeness (QED) is 0.136. The Morgan fingerprint density at radius 1 is 0.481 bits per heavy atom. The molecule has 2 aromatic carbocycles. The van der Waals surface area contributed by atoms with Crippen LogP contribution in [-0.4, -0.2) is 276 Å². The molecule has 0 aliphatic carbocycles. The van der Waals surface area contributed by atoms with E-state index in [-0.39, 0.29) is 169 Å². The Morgan fingerprint density at radius 3 is 1.38 bits per heavy atom. The van der Waals surface area contributed by atoms with Crippen LogP contribution in [0.3, 0.4) is 0 Å². The largest absolute Gasteiger partial charge is 0.493 e.